The second kappa shape index (κ2) is 12.7. The molecular formula is C24H40N6O. The highest BCUT2D eigenvalue weighted by atomic mass is 16.1. The third-order valence-corrected chi connectivity index (χ3v) is 6.53. The van der Waals surface area contributed by atoms with Crippen molar-refractivity contribution in [2.45, 2.75) is 32.2 Å². The maximum Gasteiger partial charge on any atom is 0.220 e. The van der Waals surface area contributed by atoms with Crippen molar-refractivity contribution in [3.63, 3.8) is 0 Å². The van der Waals surface area contributed by atoms with Crippen molar-refractivity contribution in [2.24, 2.45) is 10.9 Å². The molecule has 2 saturated heterocycles. The van der Waals surface area contributed by atoms with Crippen LogP contribution in [0.5, 0.6) is 0 Å². The predicted octanol–water partition coefficient (Wildman–Crippen LogP) is 1.62. The van der Waals surface area contributed by atoms with Gasteiger partial charge < -0.3 is 20.4 Å². The van der Waals surface area contributed by atoms with Crippen LogP contribution in [0.1, 0.15) is 31.2 Å². The van der Waals surface area contributed by atoms with Crippen LogP contribution in [0.3, 0.4) is 0 Å². The molecule has 31 heavy (non-hydrogen) atoms. The molecule has 2 N–H and O–H groups in total. The Bertz CT molecular complexity index is 679. The van der Waals surface area contributed by atoms with Crippen molar-refractivity contribution in [1.29, 1.82) is 0 Å². The van der Waals surface area contributed by atoms with Gasteiger partial charge in [0.2, 0.25) is 5.91 Å². The fraction of sp³-hybridized carbons (Fsp3) is 0.667. The van der Waals surface area contributed by atoms with E-state index in [9.17, 15) is 4.79 Å². The van der Waals surface area contributed by atoms with E-state index in [1.165, 1.54) is 5.56 Å². The van der Waals surface area contributed by atoms with Gasteiger partial charge in [0.15, 0.2) is 5.96 Å². The van der Waals surface area contributed by atoms with Gasteiger partial charge in [-0.2, -0.15) is 0 Å². The summed E-state index contributed by atoms with van der Waals surface area (Å²) < 4.78 is 0. The number of piperazine rings is 1. The Kier molecular flexibility index (Phi) is 9.62. The van der Waals surface area contributed by atoms with E-state index in [2.05, 4.69) is 60.7 Å². The van der Waals surface area contributed by atoms with Gasteiger partial charge in [0.1, 0.15) is 0 Å². The van der Waals surface area contributed by atoms with Crippen molar-refractivity contribution >= 4 is 11.9 Å². The van der Waals surface area contributed by atoms with E-state index in [1.54, 1.807) is 7.05 Å². The van der Waals surface area contributed by atoms with Crippen molar-refractivity contribution in [3.05, 3.63) is 35.9 Å². The molecule has 1 aromatic rings. The normalized spacial score (nSPS) is 19.4. The number of nitrogens with zero attached hydrogens (tertiary/aromatic N) is 4. The fourth-order valence-corrected chi connectivity index (χ4v) is 4.56. The molecule has 2 aliphatic rings. The third-order valence-electron chi connectivity index (χ3n) is 6.53. The van der Waals surface area contributed by atoms with Gasteiger partial charge in [-0.15, -0.1) is 0 Å². The molecule has 3 rings (SSSR count). The van der Waals surface area contributed by atoms with Crippen molar-refractivity contribution < 1.29 is 4.79 Å². The van der Waals surface area contributed by atoms with Crippen LogP contribution >= 0.6 is 0 Å². The molecule has 2 heterocycles. The zero-order chi connectivity index (χ0) is 21.9. The number of hydrogen-bond donors (Lipinski definition) is 2. The zero-order valence-electron chi connectivity index (χ0n) is 19.4. The first-order valence-electron chi connectivity index (χ1n) is 11.8. The second-order valence-electron chi connectivity index (χ2n) is 8.74. The first-order chi connectivity index (χ1) is 15.2. The van der Waals surface area contributed by atoms with Gasteiger partial charge in [-0.25, -0.2) is 0 Å². The van der Waals surface area contributed by atoms with Crippen LogP contribution in [0.4, 0.5) is 0 Å². The molecular weight excluding hydrogens is 388 g/mol. The summed E-state index contributed by atoms with van der Waals surface area (Å²) in [5.74, 6) is 1.66. The van der Waals surface area contributed by atoms with Crippen LogP contribution in [0.25, 0.3) is 0 Å². The number of likely N-dealkylation sites (tertiary alicyclic amines) is 1. The largest absolute Gasteiger partial charge is 0.359 e. The van der Waals surface area contributed by atoms with Crippen molar-refractivity contribution in [1.82, 2.24) is 25.3 Å². The summed E-state index contributed by atoms with van der Waals surface area (Å²) in [6.45, 7) is 9.71. The average molecular weight is 429 g/mol. The van der Waals surface area contributed by atoms with E-state index < -0.39 is 0 Å². The molecule has 0 saturated carbocycles. The molecule has 1 amide bonds. The van der Waals surface area contributed by atoms with Gasteiger partial charge in [-0.05, 0) is 37.3 Å². The Balaban J connectivity index is 1.28. The van der Waals surface area contributed by atoms with Gasteiger partial charge in [-0.3, -0.25) is 14.7 Å². The quantitative estimate of drug-likeness (QED) is 0.374. The average Bonchev–Trinajstić information content (AvgIpc) is 2.81. The summed E-state index contributed by atoms with van der Waals surface area (Å²) in [5.41, 5.74) is 1.41. The SMILES string of the molecule is CN=C(NCCCN1CCN(Cc2ccccc2)CC1)N1CCC(CC(=O)NC)CC1. The molecule has 0 aromatic heterocycles. The molecule has 0 atom stereocenters. The Morgan fingerprint density at radius 2 is 1.71 bits per heavy atom. The Hall–Kier alpha value is -2.12. The summed E-state index contributed by atoms with van der Waals surface area (Å²) in [6.07, 6.45) is 3.89. The van der Waals surface area contributed by atoms with Gasteiger partial charge in [-0.1, -0.05) is 30.3 Å². The lowest BCUT2D eigenvalue weighted by molar-refractivity contribution is -0.121. The van der Waals surface area contributed by atoms with Crippen LogP contribution in [0.2, 0.25) is 0 Å². The van der Waals surface area contributed by atoms with Crippen molar-refractivity contribution in [3.8, 4) is 0 Å². The van der Waals surface area contributed by atoms with Crippen LogP contribution in [0, 0.1) is 5.92 Å². The molecule has 0 bridgehead atoms. The number of rotatable bonds is 8. The maximum absolute atomic E-state index is 11.6. The van der Waals surface area contributed by atoms with E-state index in [0.717, 1.165) is 84.1 Å². The zero-order valence-corrected chi connectivity index (χ0v) is 19.4. The number of aliphatic imine (C=N–C) groups is 1. The van der Waals surface area contributed by atoms with E-state index in [-0.39, 0.29) is 5.91 Å². The first kappa shape index (κ1) is 23.5. The minimum atomic E-state index is 0.154. The smallest absolute Gasteiger partial charge is 0.220 e. The molecule has 172 valence electrons. The number of piperidine rings is 1. The standard InChI is InChI=1S/C24H40N6O/c1-25-23(31)19-21-9-13-30(14-10-21)24(26-2)27-11-6-12-28-15-17-29(18-16-28)20-22-7-4-3-5-8-22/h3-5,7-8,21H,6,9-20H2,1-2H3,(H,25,31)(H,26,27). The van der Waals surface area contributed by atoms with Gasteiger partial charge in [0.25, 0.3) is 0 Å². The maximum atomic E-state index is 11.6. The molecule has 0 aliphatic carbocycles. The van der Waals surface area contributed by atoms with Crippen LogP contribution in [-0.4, -0.2) is 93.0 Å². The van der Waals surface area contributed by atoms with Crippen LogP contribution in [0.15, 0.2) is 35.3 Å². The number of nitrogens with one attached hydrogen (secondary N) is 2. The van der Waals surface area contributed by atoms with Crippen LogP contribution in [-0.2, 0) is 11.3 Å². The molecule has 2 fully saturated rings. The van der Waals surface area contributed by atoms with E-state index in [1.807, 2.05) is 7.05 Å². The molecule has 0 radical (unpaired) electrons. The Labute approximate surface area is 187 Å². The number of carbonyl (C=O) groups excluding carboxylic acids is 1. The molecule has 0 unspecified atom stereocenters. The minimum absolute atomic E-state index is 0.154. The number of amides is 1. The predicted molar refractivity (Wildman–Crippen MR) is 127 cm³/mol. The minimum Gasteiger partial charge on any atom is -0.359 e. The molecule has 7 heteroatoms. The van der Waals surface area contributed by atoms with E-state index in [4.69, 9.17) is 0 Å². The fourth-order valence-electron chi connectivity index (χ4n) is 4.56. The summed E-state index contributed by atoms with van der Waals surface area (Å²) in [5, 5.41) is 6.28. The monoisotopic (exact) mass is 428 g/mol. The lowest BCUT2D eigenvalue weighted by atomic mass is 9.93. The number of carbonyl (C=O) groups is 1. The Morgan fingerprint density at radius 1 is 1.03 bits per heavy atom. The van der Waals surface area contributed by atoms with Crippen LogP contribution < -0.4 is 10.6 Å². The molecule has 2 aliphatic heterocycles. The molecule has 1 aromatic carbocycles. The number of hydrogen-bond acceptors (Lipinski definition) is 4. The molecule has 0 spiro atoms. The summed E-state index contributed by atoms with van der Waals surface area (Å²) in [4.78, 5) is 23.5. The van der Waals surface area contributed by atoms with E-state index >= 15 is 0 Å². The summed E-state index contributed by atoms with van der Waals surface area (Å²) >= 11 is 0. The first-order valence-corrected chi connectivity index (χ1v) is 11.8. The van der Waals surface area contributed by atoms with Gasteiger partial charge >= 0.3 is 0 Å². The Morgan fingerprint density at radius 3 is 2.35 bits per heavy atom. The number of benzene rings is 1. The third kappa shape index (κ3) is 7.82. The van der Waals surface area contributed by atoms with Crippen molar-refractivity contribution in [2.75, 3.05) is 66.5 Å². The second-order valence-corrected chi connectivity index (χ2v) is 8.74. The summed E-state index contributed by atoms with van der Waals surface area (Å²) in [7, 11) is 3.58. The number of guanidine groups is 1. The highest BCUT2D eigenvalue weighted by Crippen LogP contribution is 2.20. The van der Waals surface area contributed by atoms with Gasteiger partial charge in [0, 0.05) is 72.9 Å². The van der Waals surface area contributed by atoms with E-state index in [0.29, 0.717) is 12.3 Å². The lowest BCUT2D eigenvalue weighted by Gasteiger charge is -2.35. The molecule has 7 nitrogen and oxygen atoms in total. The highest BCUT2D eigenvalue weighted by Gasteiger charge is 2.23. The lowest BCUT2D eigenvalue weighted by Crippen LogP contribution is -2.48. The summed E-state index contributed by atoms with van der Waals surface area (Å²) in [6, 6.07) is 10.8. The highest BCUT2D eigenvalue weighted by molar-refractivity contribution is 5.80. The van der Waals surface area contributed by atoms with Gasteiger partial charge in [0.05, 0.1) is 0 Å². The topological polar surface area (TPSA) is 63.2 Å².